The van der Waals surface area contributed by atoms with Crippen LogP contribution in [0, 0.1) is 0 Å². The van der Waals surface area contributed by atoms with Crippen molar-refractivity contribution in [3.63, 3.8) is 0 Å². The average Bonchev–Trinajstić information content (AvgIpc) is 3.43. The van der Waals surface area contributed by atoms with Gasteiger partial charge in [0.2, 0.25) is 0 Å². The molecule has 1 amide bonds. The van der Waals surface area contributed by atoms with Gasteiger partial charge < -0.3 is 15.7 Å². The maximum atomic E-state index is 12.7. The Kier molecular flexibility index (Phi) is 7.73. The number of hydrogen-bond donors (Lipinski definition) is 3. The molecule has 0 spiro atoms. The lowest BCUT2D eigenvalue weighted by molar-refractivity contribution is -0.137. The zero-order chi connectivity index (χ0) is 24.2. The first kappa shape index (κ1) is 24.5. The van der Waals surface area contributed by atoms with Crippen molar-refractivity contribution in [2.75, 3.05) is 36.4 Å². The summed E-state index contributed by atoms with van der Waals surface area (Å²) in [6.45, 7) is 5.04. The zero-order valence-corrected chi connectivity index (χ0v) is 20.8. The Morgan fingerprint density at radius 3 is 2.76 bits per heavy atom. The van der Waals surface area contributed by atoms with Crippen LogP contribution >= 0.6 is 34.3 Å². The Morgan fingerprint density at radius 2 is 2.15 bits per heavy atom. The molecule has 180 valence electrons. The number of aliphatic carboxylic acids is 1. The summed E-state index contributed by atoms with van der Waals surface area (Å²) in [6.07, 6.45) is 3.16. The van der Waals surface area contributed by atoms with Crippen molar-refractivity contribution in [3.05, 3.63) is 39.4 Å². The fourth-order valence-electron chi connectivity index (χ4n) is 3.71. The van der Waals surface area contributed by atoms with Gasteiger partial charge in [0.1, 0.15) is 11.5 Å². The maximum Gasteiger partial charge on any atom is 0.304 e. The topological polar surface area (TPSA) is 138 Å². The Hall–Kier alpha value is -2.64. The number of carboxylic acids is 1. The minimum atomic E-state index is -0.793. The van der Waals surface area contributed by atoms with Crippen LogP contribution in [-0.2, 0) is 11.3 Å². The molecule has 1 atom stereocenters. The second-order valence-electron chi connectivity index (χ2n) is 7.81. The van der Waals surface area contributed by atoms with Crippen molar-refractivity contribution in [2.24, 2.45) is 5.73 Å². The van der Waals surface area contributed by atoms with Gasteiger partial charge in [-0.15, -0.1) is 11.3 Å². The van der Waals surface area contributed by atoms with Gasteiger partial charge in [0.15, 0.2) is 5.13 Å². The number of halogens is 1. The number of amides is 1. The van der Waals surface area contributed by atoms with Gasteiger partial charge in [-0.25, -0.2) is 15.0 Å². The molecule has 1 saturated heterocycles. The standard InChI is InChI=1S/C21H24ClN7O3S2/c1-12-10-29(5-4-28(12)3-2-18(30)31)17-9-24-14(8-25-17)20(32)27-21-26-19(16(7-23)34-21)15-6-13(22)11-33-15/h6,8-9,11-12H,2-5,7,10,23H2,1H3,(H,30,31)(H,26,27,32). The van der Waals surface area contributed by atoms with E-state index in [-0.39, 0.29) is 18.2 Å². The summed E-state index contributed by atoms with van der Waals surface area (Å²) in [5.41, 5.74) is 6.76. The van der Waals surface area contributed by atoms with E-state index in [2.05, 4.69) is 37.0 Å². The van der Waals surface area contributed by atoms with Crippen molar-refractivity contribution >= 4 is 57.1 Å². The minimum Gasteiger partial charge on any atom is -0.481 e. The first-order chi connectivity index (χ1) is 16.3. The molecule has 1 aliphatic heterocycles. The average molecular weight is 522 g/mol. The summed E-state index contributed by atoms with van der Waals surface area (Å²) in [5, 5.41) is 14.6. The molecule has 34 heavy (non-hydrogen) atoms. The lowest BCUT2D eigenvalue weighted by Crippen LogP contribution is -2.52. The third-order valence-electron chi connectivity index (χ3n) is 5.48. The molecule has 0 radical (unpaired) electrons. The molecule has 4 N–H and O–H groups in total. The van der Waals surface area contributed by atoms with Gasteiger partial charge >= 0.3 is 5.97 Å². The number of nitrogens with two attached hydrogens (primary N) is 1. The number of nitrogens with zero attached hydrogens (tertiary/aromatic N) is 5. The number of hydrogen-bond acceptors (Lipinski definition) is 10. The lowest BCUT2D eigenvalue weighted by atomic mass is 10.2. The highest BCUT2D eigenvalue weighted by Crippen LogP contribution is 2.35. The first-order valence-corrected chi connectivity index (χ1v) is 12.7. The molecule has 0 saturated carbocycles. The summed E-state index contributed by atoms with van der Waals surface area (Å²) in [6, 6.07) is 2.01. The zero-order valence-electron chi connectivity index (χ0n) is 18.4. The highest BCUT2D eigenvalue weighted by atomic mass is 35.5. The number of anilines is 2. The van der Waals surface area contributed by atoms with E-state index < -0.39 is 11.9 Å². The second-order valence-corrected chi connectivity index (χ2v) is 10.2. The number of aromatic nitrogens is 3. The molecule has 1 fully saturated rings. The fraction of sp³-hybridized carbons (Fsp3) is 0.381. The van der Waals surface area contributed by atoms with Crippen LogP contribution in [0.15, 0.2) is 23.8 Å². The number of thiophene rings is 1. The normalized spacial score (nSPS) is 16.6. The van der Waals surface area contributed by atoms with E-state index in [4.69, 9.17) is 22.4 Å². The van der Waals surface area contributed by atoms with Crippen molar-refractivity contribution in [1.29, 1.82) is 0 Å². The van der Waals surface area contributed by atoms with Crippen molar-refractivity contribution in [2.45, 2.75) is 25.9 Å². The number of piperazine rings is 1. The molecule has 3 aromatic rings. The van der Waals surface area contributed by atoms with E-state index in [0.29, 0.717) is 42.2 Å². The van der Waals surface area contributed by atoms with Crippen molar-refractivity contribution in [1.82, 2.24) is 19.9 Å². The molecule has 0 aromatic carbocycles. The molecular formula is C21H24ClN7O3S2. The van der Waals surface area contributed by atoms with Gasteiger partial charge in [-0.1, -0.05) is 22.9 Å². The van der Waals surface area contributed by atoms with Gasteiger partial charge in [-0.3, -0.25) is 19.8 Å². The van der Waals surface area contributed by atoms with Crippen LogP contribution in [0.2, 0.25) is 5.02 Å². The van der Waals surface area contributed by atoms with E-state index >= 15 is 0 Å². The molecule has 1 unspecified atom stereocenters. The SMILES string of the molecule is CC1CN(c2cnc(C(=O)Nc3nc(-c4cc(Cl)cs4)c(CN)s3)cn2)CCN1CCC(=O)O. The predicted octanol–water partition coefficient (Wildman–Crippen LogP) is 3.01. The fourth-order valence-corrected chi connectivity index (χ4v) is 5.72. The van der Waals surface area contributed by atoms with Gasteiger partial charge in [-0.05, 0) is 13.0 Å². The monoisotopic (exact) mass is 521 g/mol. The summed E-state index contributed by atoms with van der Waals surface area (Å²) in [7, 11) is 0. The third kappa shape index (κ3) is 5.70. The van der Waals surface area contributed by atoms with Crippen molar-refractivity contribution in [3.8, 4) is 10.6 Å². The smallest absolute Gasteiger partial charge is 0.304 e. The number of thiazole rings is 1. The Labute approximate surface area is 209 Å². The van der Waals surface area contributed by atoms with Crippen LogP contribution in [0.25, 0.3) is 10.6 Å². The molecule has 0 aliphatic carbocycles. The highest BCUT2D eigenvalue weighted by Gasteiger charge is 2.25. The van der Waals surface area contributed by atoms with Gasteiger partial charge in [0, 0.05) is 49.0 Å². The molecule has 3 aromatic heterocycles. The Bertz CT molecular complexity index is 1170. The summed E-state index contributed by atoms with van der Waals surface area (Å²) in [4.78, 5) is 42.8. The maximum absolute atomic E-state index is 12.7. The van der Waals surface area contributed by atoms with Crippen LogP contribution < -0.4 is 16.0 Å². The molecule has 0 bridgehead atoms. The van der Waals surface area contributed by atoms with Gasteiger partial charge in [0.05, 0.1) is 34.4 Å². The lowest BCUT2D eigenvalue weighted by Gasteiger charge is -2.40. The molecule has 13 heteroatoms. The van der Waals surface area contributed by atoms with Crippen LogP contribution in [0.5, 0.6) is 0 Å². The second kappa shape index (κ2) is 10.7. The van der Waals surface area contributed by atoms with E-state index in [1.54, 1.807) is 6.20 Å². The quantitative estimate of drug-likeness (QED) is 0.408. The Balaban J connectivity index is 1.38. The molecule has 1 aliphatic rings. The van der Waals surface area contributed by atoms with E-state index in [0.717, 1.165) is 22.0 Å². The number of carbonyl (C=O) groups is 2. The van der Waals surface area contributed by atoms with E-state index in [1.807, 2.05) is 11.4 Å². The molecule has 10 nitrogen and oxygen atoms in total. The molecule has 4 rings (SSSR count). The highest BCUT2D eigenvalue weighted by molar-refractivity contribution is 7.17. The van der Waals surface area contributed by atoms with Crippen LogP contribution in [0.1, 0.15) is 28.7 Å². The van der Waals surface area contributed by atoms with Crippen LogP contribution in [0.3, 0.4) is 0 Å². The summed E-state index contributed by atoms with van der Waals surface area (Å²) in [5.74, 6) is -0.518. The van der Waals surface area contributed by atoms with Gasteiger partial charge in [0.25, 0.3) is 5.91 Å². The summed E-state index contributed by atoms with van der Waals surface area (Å²) >= 11 is 8.81. The number of carboxylic acid groups (broad SMARTS) is 1. The van der Waals surface area contributed by atoms with E-state index in [1.165, 1.54) is 28.9 Å². The minimum absolute atomic E-state index is 0.127. The molecular weight excluding hydrogens is 498 g/mol. The van der Waals surface area contributed by atoms with Crippen molar-refractivity contribution < 1.29 is 14.7 Å². The third-order valence-corrected chi connectivity index (χ3v) is 7.75. The predicted molar refractivity (Wildman–Crippen MR) is 134 cm³/mol. The number of nitrogens with one attached hydrogen (secondary N) is 1. The van der Waals surface area contributed by atoms with Crippen LogP contribution in [-0.4, -0.2) is 69.1 Å². The van der Waals surface area contributed by atoms with E-state index in [9.17, 15) is 9.59 Å². The largest absolute Gasteiger partial charge is 0.481 e. The van der Waals surface area contributed by atoms with Crippen LogP contribution in [0.4, 0.5) is 10.9 Å². The van der Waals surface area contributed by atoms with Gasteiger partial charge in [-0.2, -0.15) is 0 Å². The molecule has 4 heterocycles. The number of carbonyl (C=O) groups excluding carboxylic acids is 1. The number of rotatable bonds is 8. The Morgan fingerprint density at radius 1 is 1.32 bits per heavy atom. The summed E-state index contributed by atoms with van der Waals surface area (Å²) < 4.78 is 0. The first-order valence-electron chi connectivity index (χ1n) is 10.6.